The van der Waals surface area contributed by atoms with Gasteiger partial charge in [-0.15, -0.1) is 0 Å². The molecule has 84 valence electrons. The van der Waals surface area contributed by atoms with Crippen LogP contribution >= 0.6 is 0 Å². The molecule has 0 saturated heterocycles. The average molecular weight is 221 g/mol. The van der Waals surface area contributed by atoms with Crippen LogP contribution in [0.1, 0.15) is 25.0 Å². The van der Waals surface area contributed by atoms with E-state index in [0.717, 1.165) is 5.69 Å². The van der Waals surface area contributed by atoms with E-state index in [1.165, 1.54) is 16.8 Å². The lowest BCUT2D eigenvalue weighted by Gasteiger charge is -2.26. The fourth-order valence-electron chi connectivity index (χ4n) is 2.62. The number of rotatable bonds is 1. The quantitative estimate of drug-likeness (QED) is 0.687. The molecular formula is C16H15N. The van der Waals surface area contributed by atoms with Crippen molar-refractivity contribution in [2.45, 2.75) is 19.3 Å². The number of para-hydroxylation sites is 1. The first-order valence-electron chi connectivity index (χ1n) is 5.94. The first-order chi connectivity index (χ1) is 8.23. The molecule has 0 N–H and O–H groups in total. The van der Waals surface area contributed by atoms with Crippen molar-refractivity contribution in [3.63, 3.8) is 0 Å². The Bertz CT molecular complexity index is 583. The lowest BCUT2D eigenvalue weighted by atomic mass is 9.74. The highest BCUT2D eigenvalue weighted by Gasteiger charge is 2.37. The summed E-state index contributed by atoms with van der Waals surface area (Å²) in [5.41, 5.74) is 4.83. The van der Waals surface area contributed by atoms with Gasteiger partial charge in [-0.1, -0.05) is 48.5 Å². The van der Waals surface area contributed by atoms with Crippen molar-refractivity contribution < 1.29 is 0 Å². The number of fused-ring (bicyclic) bond motifs is 1. The van der Waals surface area contributed by atoms with E-state index in [-0.39, 0.29) is 5.41 Å². The van der Waals surface area contributed by atoms with Crippen LogP contribution in [-0.2, 0) is 5.41 Å². The maximum atomic E-state index is 4.70. The zero-order valence-electron chi connectivity index (χ0n) is 10.1. The fraction of sp³-hybridized carbons (Fsp3) is 0.188. The summed E-state index contributed by atoms with van der Waals surface area (Å²) in [4.78, 5) is 4.70. The van der Waals surface area contributed by atoms with Crippen molar-refractivity contribution in [3.8, 4) is 0 Å². The second kappa shape index (κ2) is 3.56. The molecule has 0 saturated carbocycles. The maximum absolute atomic E-state index is 4.70. The monoisotopic (exact) mass is 221 g/mol. The molecule has 1 unspecified atom stereocenters. The Morgan fingerprint density at radius 3 is 2.29 bits per heavy atom. The van der Waals surface area contributed by atoms with Gasteiger partial charge < -0.3 is 0 Å². The second-order valence-corrected chi connectivity index (χ2v) is 4.71. The number of hydrogen-bond acceptors (Lipinski definition) is 1. The van der Waals surface area contributed by atoms with Gasteiger partial charge in [0.1, 0.15) is 0 Å². The van der Waals surface area contributed by atoms with Crippen molar-refractivity contribution in [1.82, 2.24) is 0 Å². The van der Waals surface area contributed by atoms with Crippen LogP contribution in [0.3, 0.4) is 0 Å². The Morgan fingerprint density at radius 1 is 0.882 bits per heavy atom. The molecule has 1 heterocycles. The minimum atomic E-state index is -0.0716. The van der Waals surface area contributed by atoms with Gasteiger partial charge in [-0.05, 0) is 31.0 Å². The second-order valence-electron chi connectivity index (χ2n) is 4.71. The largest absolute Gasteiger partial charge is 0.257 e. The summed E-state index contributed by atoms with van der Waals surface area (Å²) in [6.07, 6.45) is 0. The molecule has 1 heteroatoms. The lowest BCUT2D eigenvalue weighted by Crippen LogP contribution is -2.28. The highest BCUT2D eigenvalue weighted by Crippen LogP contribution is 2.44. The summed E-state index contributed by atoms with van der Waals surface area (Å²) >= 11 is 0. The summed E-state index contributed by atoms with van der Waals surface area (Å²) in [6.45, 7) is 4.38. The first kappa shape index (κ1) is 10.3. The normalized spacial score (nSPS) is 22.1. The van der Waals surface area contributed by atoms with Crippen LogP contribution in [-0.4, -0.2) is 5.71 Å². The number of benzene rings is 2. The van der Waals surface area contributed by atoms with Gasteiger partial charge in [0.05, 0.1) is 11.1 Å². The highest BCUT2D eigenvalue weighted by molar-refractivity contribution is 6.02. The first-order valence-corrected chi connectivity index (χ1v) is 5.94. The van der Waals surface area contributed by atoms with E-state index in [1.807, 2.05) is 6.07 Å². The molecule has 3 rings (SSSR count). The van der Waals surface area contributed by atoms with Crippen LogP contribution in [0.25, 0.3) is 0 Å². The zero-order valence-corrected chi connectivity index (χ0v) is 10.1. The standard InChI is InChI=1S/C16H15N/c1-12-16(2,13-8-4-3-5-9-13)14-10-6-7-11-15(14)17-12/h3-11H,1-2H3. The number of hydrogen-bond donors (Lipinski definition) is 0. The fourth-order valence-corrected chi connectivity index (χ4v) is 2.62. The smallest absolute Gasteiger partial charge is 0.0674 e. The minimum Gasteiger partial charge on any atom is -0.257 e. The summed E-state index contributed by atoms with van der Waals surface area (Å²) in [5, 5.41) is 0. The van der Waals surface area contributed by atoms with E-state index in [1.54, 1.807) is 0 Å². The molecule has 0 bridgehead atoms. The van der Waals surface area contributed by atoms with Crippen molar-refractivity contribution in [2.24, 2.45) is 4.99 Å². The summed E-state index contributed by atoms with van der Waals surface area (Å²) < 4.78 is 0. The van der Waals surface area contributed by atoms with E-state index in [4.69, 9.17) is 4.99 Å². The van der Waals surface area contributed by atoms with Crippen LogP contribution in [0.2, 0.25) is 0 Å². The molecule has 2 aromatic carbocycles. The Labute approximate surface area is 102 Å². The Hall–Kier alpha value is -1.89. The van der Waals surface area contributed by atoms with Crippen LogP contribution in [0.4, 0.5) is 5.69 Å². The van der Waals surface area contributed by atoms with Gasteiger partial charge in [0.15, 0.2) is 0 Å². The topological polar surface area (TPSA) is 12.4 Å². The van der Waals surface area contributed by atoms with Gasteiger partial charge in [0.2, 0.25) is 0 Å². The molecule has 1 atom stereocenters. The van der Waals surface area contributed by atoms with Crippen molar-refractivity contribution in [3.05, 3.63) is 65.7 Å². The molecule has 0 amide bonds. The van der Waals surface area contributed by atoms with E-state index in [9.17, 15) is 0 Å². The van der Waals surface area contributed by atoms with Crippen molar-refractivity contribution in [2.75, 3.05) is 0 Å². The van der Waals surface area contributed by atoms with Gasteiger partial charge in [0, 0.05) is 5.71 Å². The van der Waals surface area contributed by atoms with Crippen LogP contribution < -0.4 is 0 Å². The van der Waals surface area contributed by atoms with E-state index < -0.39 is 0 Å². The van der Waals surface area contributed by atoms with E-state index >= 15 is 0 Å². The molecule has 0 fully saturated rings. The molecule has 0 radical (unpaired) electrons. The Balaban J connectivity index is 2.25. The van der Waals surface area contributed by atoms with Gasteiger partial charge >= 0.3 is 0 Å². The molecule has 17 heavy (non-hydrogen) atoms. The summed E-state index contributed by atoms with van der Waals surface area (Å²) in [5.74, 6) is 0. The van der Waals surface area contributed by atoms with Gasteiger partial charge in [0.25, 0.3) is 0 Å². The van der Waals surface area contributed by atoms with Gasteiger partial charge in [-0.3, -0.25) is 4.99 Å². The molecular weight excluding hydrogens is 206 g/mol. The predicted molar refractivity (Wildman–Crippen MR) is 72.1 cm³/mol. The van der Waals surface area contributed by atoms with Crippen LogP contribution in [0.5, 0.6) is 0 Å². The average Bonchev–Trinajstić information content (AvgIpc) is 2.64. The van der Waals surface area contributed by atoms with E-state index in [2.05, 4.69) is 62.4 Å². The molecule has 0 spiro atoms. The van der Waals surface area contributed by atoms with Gasteiger partial charge in [-0.25, -0.2) is 0 Å². The number of nitrogens with zero attached hydrogens (tertiary/aromatic N) is 1. The number of aliphatic imine (C=N–C) groups is 1. The third-order valence-electron chi connectivity index (χ3n) is 3.81. The Morgan fingerprint density at radius 2 is 1.53 bits per heavy atom. The van der Waals surface area contributed by atoms with Crippen LogP contribution in [0.15, 0.2) is 59.6 Å². The predicted octanol–water partition coefficient (Wildman–Crippen LogP) is 4.10. The SMILES string of the molecule is CC1=Nc2ccccc2C1(C)c1ccccc1. The Kier molecular flexibility index (Phi) is 2.15. The maximum Gasteiger partial charge on any atom is 0.0674 e. The summed E-state index contributed by atoms with van der Waals surface area (Å²) in [7, 11) is 0. The lowest BCUT2D eigenvalue weighted by molar-refractivity contribution is 0.789. The minimum absolute atomic E-state index is 0.0716. The molecule has 1 nitrogen and oxygen atoms in total. The molecule has 0 aromatic heterocycles. The van der Waals surface area contributed by atoms with Crippen molar-refractivity contribution in [1.29, 1.82) is 0 Å². The summed E-state index contributed by atoms with van der Waals surface area (Å²) in [6, 6.07) is 19.0. The molecule has 1 aliphatic heterocycles. The third kappa shape index (κ3) is 1.35. The van der Waals surface area contributed by atoms with Crippen molar-refractivity contribution >= 4 is 11.4 Å². The van der Waals surface area contributed by atoms with E-state index in [0.29, 0.717) is 0 Å². The van der Waals surface area contributed by atoms with Gasteiger partial charge in [-0.2, -0.15) is 0 Å². The molecule has 0 aliphatic carbocycles. The molecule has 2 aromatic rings. The third-order valence-corrected chi connectivity index (χ3v) is 3.81. The molecule has 1 aliphatic rings. The highest BCUT2D eigenvalue weighted by atomic mass is 14.8. The zero-order chi connectivity index (χ0) is 11.9. The van der Waals surface area contributed by atoms with Crippen LogP contribution in [0, 0.1) is 0 Å².